The number of rotatable bonds is 7. The standard InChI is InChI=1S/C28H33N7OS/c29-19-12-13-35(17-19)25-11-10-24-27(34-25)37-26(33-24)16-22-15-21(14-18-4-2-1-3-5-18)31-28(32-22)30-20-6-8-23(36)9-7-20/h1-5,10-11,15,19-20,23,36H,6-9,12-14,16-17,29H2,(H,30,31,32)/t19-,20?,23?/m0/s1. The summed E-state index contributed by atoms with van der Waals surface area (Å²) >= 11 is 1.63. The number of aliphatic hydroxyl groups excluding tert-OH is 1. The van der Waals surface area contributed by atoms with Crippen LogP contribution in [-0.4, -0.2) is 56.3 Å². The molecule has 4 N–H and O–H groups in total. The van der Waals surface area contributed by atoms with E-state index < -0.39 is 0 Å². The number of anilines is 2. The van der Waals surface area contributed by atoms with E-state index in [1.807, 2.05) is 6.07 Å². The molecule has 0 amide bonds. The van der Waals surface area contributed by atoms with Gasteiger partial charge < -0.3 is 21.1 Å². The lowest BCUT2D eigenvalue weighted by molar-refractivity contribution is 0.126. The molecule has 1 saturated heterocycles. The van der Waals surface area contributed by atoms with E-state index in [4.69, 9.17) is 25.7 Å². The van der Waals surface area contributed by atoms with Crippen LogP contribution in [0.4, 0.5) is 11.8 Å². The van der Waals surface area contributed by atoms with Crippen molar-refractivity contribution >= 4 is 33.5 Å². The minimum atomic E-state index is -0.186. The summed E-state index contributed by atoms with van der Waals surface area (Å²) in [5, 5.41) is 14.4. The van der Waals surface area contributed by atoms with Gasteiger partial charge in [-0.15, -0.1) is 0 Å². The number of aromatic nitrogens is 4. The summed E-state index contributed by atoms with van der Waals surface area (Å²) in [4.78, 5) is 22.7. The Hall–Kier alpha value is -3.14. The molecule has 1 aliphatic heterocycles. The first-order valence-corrected chi connectivity index (χ1v) is 14.0. The molecule has 192 valence electrons. The van der Waals surface area contributed by atoms with E-state index >= 15 is 0 Å². The monoisotopic (exact) mass is 515 g/mol. The Labute approximate surface area is 221 Å². The van der Waals surface area contributed by atoms with E-state index in [2.05, 4.69) is 52.7 Å². The molecule has 8 nitrogen and oxygen atoms in total. The Kier molecular flexibility index (Phi) is 6.99. The summed E-state index contributed by atoms with van der Waals surface area (Å²) in [6.45, 7) is 1.80. The Morgan fingerprint density at radius 2 is 1.70 bits per heavy atom. The largest absolute Gasteiger partial charge is 0.393 e. The van der Waals surface area contributed by atoms with Crippen molar-refractivity contribution in [1.82, 2.24) is 19.9 Å². The zero-order valence-electron chi connectivity index (χ0n) is 20.9. The SMILES string of the molecule is N[C@H]1CCN(c2ccc3nc(Cc4cc(Cc5ccccc5)nc(NC5CCC(O)CC5)n4)sc3n2)C1. The molecule has 3 aromatic heterocycles. The summed E-state index contributed by atoms with van der Waals surface area (Å²) in [5.41, 5.74) is 10.2. The Balaban J connectivity index is 1.25. The number of nitrogens with two attached hydrogens (primary N) is 1. The van der Waals surface area contributed by atoms with E-state index in [9.17, 15) is 5.11 Å². The second kappa shape index (κ2) is 10.7. The van der Waals surface area contributed by atoms with Crippen molar-refractivity contribution in [2.45, 2.75) is 63.1 Å². The zero-order chi connectivity index (χ0) is 25.2. The molecule has 0 unspecified atom stereocenters. The molecule has 9 heteroatoms. The summed E-state index contributed by atoms with van der Waals surface area (Å²) in [6, 6.07) is 17.1. The average molecular weight is 516 g/mol. The molecule has 1 aromatic carbocycles. The highest BCUT2D eigenvalue weighted by Crippen LogP contribution is 2.27. The highest BCUT2D eigenvalue weighted by Gasteiger charge is 2.22. The Morgan fingerprint density at radius 3 is 2.46 bits per heavy atom. The van der Waals surface area contributed by atoms with Gasteiger partial charge in [0.05, 0.1) is 17.5 Å². The number of aliphatic hydroxyl groups is 1. The minimum absolute atomic E-state index is 0.186. The van der Waals surface area contributed by atoms with E-state index in [-0.39, 0.29) is 18.2 Å². The maximum atomic E-state index is 9.88. The molecule has 4 aromatic rings. The molecular formula is C28H33N7OS. The highest BCUT2D eigenvalue weighted by molar-refractivity contribution is 7.18. The molecule has 4 heterocycles. The number of nitrogens with zero attached hydrogens (tertiary/aromatic N) is 5. The van der Waals surface area contributed by atoms with Gasteiger partial charge in [0.15, 0.2) is 0 Å². The Bertz CT molecular complexity index is 1350. The lowest BCUT2D eigenvalue weighted by atomic mass is 9.93. The van der Waals surface area contributed by atoms with E-state index in [1.165, 1.54) is 5.56 Å². The van der Waals surface area contributed by atoms with Crippen LogP contribution in [-0.2, 0) is 12.8 Å². The topological polar surface area (TPSA) is 113 Å². The molecule has 1 aliphatic carbocycles. The predicted octanol–water partition coefficient (Wildman–Crippen LogP) is 3.92. The van der Waals surface area contributed by atoms with Crippen LogP contribution in [0.25, 0.3) is 10.3 Å². The van der Waals surface area contributed by atoms with Crippen LogP contribution in [0.3, 0.4) is 0 Å². The van der Waals surface area contributed by atoms with Crippen LogP contribution < -0.4 is 16.0 Å². The third-order valence-electron chi connectivity index (χ3n) is 7.26. The van der Waals surface area contributed by atoms with Gasteiger partial charge in [-0.05, 0) is 55.9 Å². The van der Waals surface area contributed by atoms with Crippen molar-refractivity contribution in [1.29, 1.82) is 0 Å². The number of nitrogens with one attached hydrogen (secondary N) is 1. The van der Waals surface area contributed by atoms with Crippen LogP contribution in [0.2, 0.25) is 0 Å². The van der Waals surface area contributed by atoms with Gasteiger partial charge in [0.25, 0.3) is 0 Å². The van der Waals surface area contributed by atoms with Crippen LogP contribution in [0.5, 0.6) is 0 Å². The van der Waals surface area contributed by atoms with Gasteiger partial charge in [-0.25, -0.2) is 19.9 Å². The maximum absolute atomic E-state index is 9.88. The van der Waals surface area contributed by atoms with Gasteiger partial charge in [-0.3, -0.25) is 0 Å². The summed E-state index contributed by atoms with van der Waals surface area (Å²) < 4.78 is 0. The van der Waals surface area contributed by atoms with Gasteiger partial charge in [0.1, 0.15) is 21.2 Å². The summed E-state index contributed by atoms with van der Waals surface area (Å²) in [7, 11) is 0. The molecule has 1 atom stereocenters. The van der Waals surface area contributed by atoms with Gasteiger partial charge >= 0.3 is 0 Å². The number of hydrogen-bond donors (Lipinski definition) is 3. The Morgan fingerprint density at radius 1 is 0.919 bits per heavy atom. The lowest BCUT2D eigenvalue weighted by Gasteiger charge is -2.26. The second-order valence-corrected chi connectivity index (χ2v) is 11.3. The maximum Gasteiger partial charge on any atom is 0.223 e. The normalized spacial score (nSPS) is 22.0. The number of hydrogen-bond acceptors (Lipinski definition) is 9. The fraction of sp³-hybridized carbons (Fsp3) is 0.429. The molecule has 37 heavy (non-hydrogen) atoms. The molecule has 6 rings (SSSR count). The van der Waals surface area contributed by atoms with E-state index in [1.54, 1.807) is 11.3 Å². The molecular weight excluding hydrogens is 482 g/mol. The third-order valence-corrected chi connectivity index (χ3v) is 8.22. The molecule has 0 spiro atoms. The van der Waals surface area contributed by atoms with Crippen molar-refractivity contribution in [3.05, 3.63) is 70.5 Å². The number of pyridine rings is 1. The van der Waals surface area contributed by atoms with Gasteiger partial charge in [-0.2, -0.15) is 0 Å². The van der Waals surface area contributed by atoms with Crippen LogP contribution in [0.15, 0.2) is 48.5 Å². The van der Waals surface area contributed by atoms with E-state index in [0.717, 1.165) is 84.2 Å². The van der Waals surface area contributed by atoms with Crippen molar-refractivity contribution in [2.75, 3.05) is 23.3 Å². The first-order chi connectivity index (χ1) is 18.1. The quantitative estimate of drug-likeness (QED) is 0.340. The summed E-state index contributed by atoms with van der Waals surface area (Å²) in [5.74, 6) is 1.64. The fourth-order valence-corrected chi connectivity index (χ4v) is 6.21. The van der Waals surface area contributed by atoms with Crippen molar-refractivity contribution in [2.24, 2.45) is 5.73 Å². The van der Waals surface area contributed by atoms with Gasteiger partial charge in [0, 0.05) is 38.0 Å². The average Bonchev–Trinajstić information content (AvgIpc) is 3.51. The molecule has 2 aliphatic rings. The van der Waals surface area contributed by atoms with Gasteiger partial charge in [-0.1, -0.05) is 41.7 Å². The molecule has 2 fully saturated rings. The van der Waals surface area contributed by atoms with Crippen molar-refractivity contribution in [3.63, 3.8) is 0 Å². The number of fused-ring (bicyclic) bond motifs is 1. The van der Waals surface area contributed by atoms with Crippen LogP contribution in [0.1, 0.15) is 54.1 Å². The van der Waals surface area contributed by atoms with Crippen LogP contribution in [0, 0.1) is 0 Å². The molecule has 1 saturated carbocycles. The highest BCUT2D eigenvalue weighted by atomic mass is 32.1. The lowest BCUT2D eigenvalue weighted by Crippen LogP contribution is -2.29. The first-order valence-electron chi connectivity index (χ1n) is 13.2. The third kappa shape index (κ3) is 5.89. The smallest absolute Gasteiger partial charge is 0.223 e. The van der Waals surface area contributed by atoms with Crippen molar-refractivity contribution in [3.8, 4) is 0 Å². The van der Waals surface area contributed by atoms with Crippen LogP contribution >= 0.6 is 11.3 Å². The minimum Gasteiger partial charge on any atom is -0.393 e. The summed E-state index contributed by atoms with van der Waals surface area (Å²) in [6.07, 6.45) is 5.69. The molecule has 0 bridgehead atoms. The fourth-order valence-electron chi connectivity index (χ4n) is 5.26. The predicted molar refractivity (Wildman–Crippen MR) is 148 cm³/mol. The second-order valence-electron chi connectivity index (χ2n) is 10.3. The zero-order valence-corrected chi connectivity index (χ0v) is 21.7. The van der Waals surface area contributed by atoms with Gasteiger partial charge in [0.2, 0.25) is 5.95 Å². The first kappa shape index (κ1) is 24.2. The molecule has 0 radical (unpaired) electrons. The number of thiazole rings is 1. The van der Waals surface area contributed by atoms with E-state index in [0.29, 0.717) is 12.4 Å². The number of benzene rings is 1. The van der Waals surface area contributed by atoms with Crippen molar-refractivity contribution < 1.29 is 5.11 Å².